The number of thioether (sulfide) groups is 1. The van der Waals surface area contributed by atoms with Crippen molar-refractivity contribution in [3.8, 4) is 0 Å². The molecule has 0 atom stereocenters. The van der Waals surface area contributed by atoms with E-state index in [0.717, 1.165) is 28.9 Å². The molecule has 0 saturated heterocycles. The predicted molar refractivity (Wildman–Crippen MR) is 89.7 cm³/mol. The van der Waals surface area contributed by atoms with Gasteiger partial charge in [0, 0.05) is 11.4 Å². The largest absolute Gasteiger partial charge is 0.335 e. The van der Waals surface area contributed by atoms with E-state index in [-0.39, 0.29) is 5.54 Å². The summed E-state index contributed by atoms with van der Waals surface area (Å²) < 4.78 is 0. The van der Waals surface area contributed by atoms with Gasteiger partial charge in [-0.1, -0.05) is 37.7 Å². The van der Waals surface area contributed by atoms with Crippen LogP contribution in [-0.4, -0.2) is 16.5 Å². The molecule has 0 unspecified atom stereocenters. The van der Waals surface area contributed by atoms with Crippen LogP contribution in [0.1, 0.15) is 45.1 Å². The van der Waals surface area contributed by atoms with Crippen molar-refractivity contribution in [3.63, 3.8) is 0 Å². The number of nitrogens with one attached hydrogen (secondary N) is 1. The Morgan fingerprint density at radius 1 is 1.25 bits per heavy atom. The molecule has 0 aromatic heterocycles. The fraction of sp³-hybridized carbons (Fsp3) is 0.588. The minimum Gasteiger partial charge on any atom is -0.335 e. The van der Waals surface area contributed by atoms with Gasteiger partial charge in [-0.2, -0.15) is 0 Å². The van der Waals surface area contributed by atoms with Crippen LogP contribution in [0.15, 0.2) is 29.3 Å². The normalized spacial score (nSPS) is 29.5. The van der Waals surface area contributed by atoms with Gasteiger partial charge >= 0.3 is 0 Å². The summed E-state index contributed by atoms with van der Waals surface area (Å²) in [6.07, 6.45) is 6.30. The third kappa shape index (κ3) is 3.03. The van der Waals surface area contributed by atoms with E-state index in [1.165, 1.54) is 31.2 Å². The lowest BCUT2D eigenvalue weighted by molar-refractivity contribution is 0.273. The number of aryl methyl sites for hydroxylation is 1. The van der Waals surface area contributed by atoms with Gasteiger partial charge in [0.2, 0.25) is 0 Å². The van der Waals surface area contributed by atoms with Crippen LogP contribution in [0.3, 0.4) is 0 Å². The summed E-state index contributed by atoms with van der Waals surface area (Å²) in [7, 11) is 0. The number of aliphatic imine (C=N–C) groups is 1. The van der Waals surface area contributed by atoms with Crippen molar-refractivity contribution < 1.29 is 0 Å². The Bertz CT molecular complexity index is 484. The van der Waals surface area contributed by atoms with Gasteiger partial charge in [0.25, 0.3) is 0 Å². The van der Waals surface area contributed by atoms with Gasteiger partial charge in [-0.05, 0) is 55.7 Å². The highest BCUT2D eigenvalue weighted by molar-refractivity contribution is 8.14. The summed E-state index contributed by atoms with van der Waals surface area (Å²) in [5, 5.41) is 4.60. The maximum absolute atomic E-state index is 5.02. The molecule has 1 N–H and O–H groups in total. The zero-order valence-corrected chi connectivity index (χ0v) is 13.3. The standard InChI is InChI=1S/C17H24N2S/c1-3-14-4-6-15(7-5-14)18-16-19-17(12-20-16)10-8-13(2)9-11-17/h4-7,13H,3,8-12H2,1-2H3,(H,18,19). The summed E-state index contributed by atoms with van der Waals surface area (Å²) in [6.45, 7) is 4.56. The first-order chi connectivity index (χ1) is 9.69. The Balaban J connectivity index is 1.66. The number of hydrogen-bond acceptors (Lipinski definition) is 3. The maximum Gasteiger partial charge on any atom is 0.161 e. The molecule has 2 nitrogen and oxygen atoms in total. The second-order valence-electron chi connectivity index (χ2n) is 6.29. The maximum atomic E-state index is 5.02. The summed E-state index contributed by atoms with van der Waals surface area (Å²) in [4.78, 5) is 5.02. The summed E-state index contributed by atoms with van der Waals surface area (Å²) in [5.74, 6) is 2.05. The molecule has 1 saturated carbocycles. The van der Waals surface area contributed by atoms with Crippen molar-refractivity contribution in [3.05, 3.63) is 29.8 Å². The molecule has 0 amide bonds. The molecule has 0 bridgehead atoms. The monoisotopic (exact) mass is 288 g/mol. The molecule has 2 aliphatic rings. The van der Waals surface area contributed by atoms with Crippen LogP contribution in [0.5, 0.6) is 0 Å². The highest BCUT2D eigenvalue weighted by Gasteiger charge is 2.38. The Morgan fingerprint density at radius 2 is 1.95 bits per heavy atom. The first kappa shape index (κ1) is 14.0. The molecule has 1 aliphatic heterocycles. The van der Waals surface area contributed by atoms with Crippen molar-refractivity contribution in [1.82, 2.24) is 0 Å². The van der Waals surface area contributed by atoms with Crippen LogP contribution in [0.4, 0.5) is 5.69 Å². The Morgan fingerprint density at radius 3 is 2.60 bits per heavy atom. The van der Waals surface area contributed by atoms with E-state index in [0.29, 0.717) is 0 Å². The number of rotatable bonds is 2. The van der Waals surface area contributed by atoms with Crippen LogP contribution in [0.25, 0.3) is 0 Å². The Kier molecular flexibility index (Phi) is 4.06. The third-order valence-corrected chi connectivity index (χ3v) is 5.78. The highest BCUT2D eigenvalue weighted by Crippen LogP contribution is 2.41. The van der Waals surface area contributed by atoms with Crippen LogP contribution < -0.4 is 5.32 Å². The van der Waals surface area contributed by atoms with Crippen LogP contribution in [-0.2, 0) is 6.42 Å². The SMILES string of the molecule is CCc1ccc(NC2=NC3(CCC(C)CC3)CS2)cc1. The molecule has 1 heterocycles. The first-order valence-electron chi connectivity index (χ1n) is 7.78. The summed E-state index contributed by atoms with van der Waals surface area (Å²) >= 11 is 1.89. The van der Waals surface area contributed by atoms with Gasteiger partial charge < -0.3 is 5.32 Å². The van der Waals surface area contributed by atoms with Crippen molar-refractivity contribution >= 4 is 22.6 Å². The fourth-order valence-corrected chi connectivity index (χ4v) is 4.26. The second kappa shape index (κ2) is 5.80. The topological polar surface area (TPSA) is 24.4 Å². The van der Waals surface area contributed by atoms with Crippen molar-refractivity contribution in [1.29, 1.82) is 0 Å². The summed E-state index contributed by atoms with van der Waals surface area (Å²) in [5.41, 5.74) is 2.78. The molecule has 1 aromatic carbocycles. The van der Waals surface area contributed by atoms with Crippen molar-refractivity contribution in [2.24, 2.45) is 10.9 Å². The van der Waals surface area contributed by atoms with Crippen LogP contribution in [0, 0.1) is 5.92 Å². The van der Waals surface area contributed by atoms with Crippen molar-refractivity contribution in [2.45, 2.75) is 51.5 Å². The zero-order valence-electron chi connectivity index (χ0n) is 12.5. The minimum atomic E-state index is 0.239. The lowest BCUT2D eigenvalue weighted by Crippen LogP contribution is -2.32. The van der Waals surface area contributed by atoms with E-state index in [1.807, 2.05) is 11.8 Å². The zero-order chi connectivity index (χ0) is 14.0. The number of hydrogen-bond donors (Lipinski definition) is 1. The molecule has 3 heteroatoms. The van der Waals surface area contributed by atoms with Crippen LogP contribution >= 0.6 is 11.8 Å². The molecule has 3 rings (SSSR count). The Labute approximate surface area is 126 Å². The third-order valence-electron chi connectivity index (χ3n) is 4.63. The lowest BCUT2D eigenvalue weighted by Gasteiger charge is -2.32. The molecular formula is C17H24N2S. The van der Waals surface area contributed by atoms with Crippen LogP contribution in [0.2, 0.25) is 0 Å². The second-order valence-corrected chi connectivity index (χ2v) is 7.25. The number of anilines is 1. The average molecular weight is 288 g/mol. The van der Waals surface area contributed by atoms with E-state index >= 15 is 0 Å². The average Bonchev–Trinajstić information content (AvgIpc) is 2.86. The van der Waals surface area contributed by atoms with Gasteiger partial charge in [-0.25, -0.2) is 0 Å². The smallest absolute Gasteiger partial charge is 0.161 e. The van der Waals surface area contributed by atoms with Crippen molar-refractivity contribution in [2.75, 3.05) is 11.1 Å². The lowest BCUT2D eigenvalue weighted by atomic mass is 9.79. The molecule has 1 aromatic rings. The number of nitrogens with zero attached hydrogens (tertiary/aromatic N) is 1. The van der Waals surface area contributed by atoms with E-state index in [4.69, 9.17) is 4.99 Å². The van der Waals surface area contributed by atoms with Gasteiger partial charge in [-0.3, -0.25) is 4.99 Å². The first-order valence-corrected chi connectivity index (χ1v) is 8.76. The molecule has 20 heavy (non-hydrogen) atoms. The minimum absolute atomic E-state index is 0.239. The molecule has 1 fully saturated rings. The Hall–Kier alpha value is -0.960. The number of amidine groups is 1. The van der Waals surface area contributed by atoms with E-state index in [9.17, 15) is 0 Å². The molecule has 1 aliphatic carbocycles. The summed E-state index contributed by atoms with van der Waals surface area (Å²) in [6, 6.07) is 8.72. The van der Waals surface area contributed by atoms with Gasteiger partial charge in [-0.15, -0.1) is 0 Å². The number of benzene rings is 1. The van der Waals surface area contributed by atoms with Gasteiger partial charge in [0.15, 0.2) is 5.17 Å². The molecule has 1 spiro atoms. The quantitative estimate of drug-likeness (QED) is 0.852. The van der Waals surface area contributed by atoms with E-state index < -0.39 is 0 Å². The van der Waals surface area contributed by atoms with Gasteiger partial charge in [0.05, 0.1) is 5.54 Å². The molecule has 0 radical (unpaired) electrons. The van der Waals surface area contributed by atoms with E-state index in [1.54, 1.807) is 0 Å². The van der Waals surface area contributed by atoms with E-state index in [2.05, 4.69) is 43.4 Å². The fourth-order valence-electron chi connectivity index (χ4n) is 3.05. The predicted octanol–water partition coefficient (Wildman–Crippen LogP) is 4.71. The molecular weight excluding hydrogens is 264 g/mol. The molecule has 108 valence electrons. The van der Waals surface area contributed by atoms with Gasteiger partial charge in [0.1, 0.15) is 0 Å². The highest BCUT2D eigenvalue weighted by atomic mass is 32.2.